The lowest BCUT2D eigenvalue weighted by Crippen LogP contribution is -2.22. The van der Waals surface area contributed by atoms with Gasteiger partial charge in [-0.25, -0.2) is 4.98 Å². The largest absolute Gasteiger partial charge is 0.399 e. The summed E-state index contributed by atoms with van der Waals surface area (Å²) in [4.78, 5) is 19.7. The van der Waals surface area contributed by atoms with Crippen LogP contribution in [0.5, 0.6) is 0 Å². The molecule has 3 aromatic carbocycles. The highest BCUT2D eigenvalue weighted by Crippen LogP contribution is 2.27. The summed E-state index contributed by atoms with van der Waals surface area (Å²) in [5, 5.41) is 2.63. The summed E-state index contributed by atoms with van der Waals surface area (Å²) in [6, 6.07) is 25.4. The summed E-state index contributed by atoms with van der Waals surface area (Å²) >= 11 is 1.65. The predicted octanol–water partition coefficient (Wildman–Crippen LogP) is 9.01. The number of aromatic nitrogens is 2. The Kier molecular flexibility index (Phi) is 10.6. The maximum absolute atomic E-state index is 13.7. The lowest BCUT2D eigenvalue weighted by molar-refractivity contribution is 0.943. The number of thiophene rings is 1. The molecule has 0 spiro atoms. The van der Waals surface area contributed by atoms with Gasteiger partial charge in [0.25, 0.3) is 5.56 Å². The predicted molar refractivity (Wildman–Crippen MR) is 167 cm³/mol. The van der Waals surface area contributed by atoms with Gasteiger partial charge in [-0.2, -0.15) is 0 Å². The molecule has 0 unspecified atom stereocenters. The first-order chi connectivity index (χ1) is 18.4. The number of hydrogen-bond acceptors (Lipinski definition) is 4. The minimum absolute atomic E-state index is 0.0931. The van der Waals surface area contributed by atoms with Crippen LogP contribution in [-0.4, -0.2) is 9.55 Å². The molecule has 0 amide bonds. The Morgan fingerprint density at radius 1 is 0.868 bits per heavy atom. The fourth-order valence-corrected chi connectivity index (χ4v) is 4.41. The Bertz CT molecular complexity index is 1530. The number of nitrogen functional groups attached to an aromatic ring is 1. The molecule has 2 heterocycles. The topological polar surface area (TPSA) is 60.9 Å². The quantitative estimate of drug-likeness (QED) is 0.239. The van der Waals surface area contributed by atoms with E-state index in [0.29, 0.717) is 22.4 Å². The van der Waals surface area contributed by atoms with Crippen LogP contribution in [0.1, 0.15) is 57.5 Å². The van der Waals surface area contributed by atoms with E-state index < -0.39 is 0 Å². The molecule has 4 nitrogen and oxygen atoms in total. The lowest BCUT2D eigenvalue weighted by Gasteiger charge is -2.12. The molecule has 0 aliphatic rings. The number of hydrogen-bond donors (Lipinski definition) is 1. The van der Waals surface area contributed by atoms with Crippen LogP contribution in [0.15, 0.2) is 89.0 Å². The van der Waals surface area contributed by atoms with Crippen LogP contribution in [0.25, 0.3) is 39.2 Å². The van der Waals surface area contributed by atoms with Gasteiger partial charge in [0, 0.05) is 10.6 Å². The zero-order chi connectivity index (χ0) is 27.5. The number of anilines is 1. The standard InChI is InChI=1S/C27H21N3OS.2C3H8/c1-18-7-11-22(12-8-18)30-26(14-9-19-4-2-5-21(28)16-19)29-24-13-10-20(17-23(24)27(30)31)25-6-3-15-32-25;2*1-3-2/h2-17H,28H2,1H3;2*3H2,1-2H3/b14-9+;;. The first-order valence-electron chi connectivity index (χ1n) is 13.1. The number of nitrogens with two attached hydrogens (primary N) is 1. The van der Waals surface area contributed by atoms with Crippen molar-refractivity contribution in [3.8, 4) is 16.1 Å². The summed E-state index contributed by atoms with van der Waals surface area (Å²) in [7, 11) is 0. The highest BCUT2D eigenvalue weighted by molar-refractivity contribution is 7.13. The molecule has 0 saturated heterocycles. The van der Waals surface area contributed by atoms with Crippen LogP contribution in [0.3, 0.4) is 0 Å². The second-order valence-electron chi connectivity index (χ2n) is 9.07. The van der Waals surface area contributed by atoms with Crippen molar-refractivity contribution in [1.29, 1.82) is 0 Å². The van der Waals surface area contributed by atoms with Gasteiger partial charge in [0.05, 0.1) is 16.6 Å². The van der Waals surface area contributed by atoms with Gasteiger partial charge >= 0.3 is 0 Å². The molecular weight excluding hydrogens is 486 g/mol. The van der Waals surface area contributed by atoms with Gasteiger partial charge in [-0.1, -0.05) is 88.6 Å². The first-order valence-corrected chi connectivity index (χ1v) is 14.0. The summed E-state index contributed by atoms with van der Waals surface area (Å²) in [6.07, 6.45) is 6.29. The Morgan fingerprint density at radius 2 is 1.58 bits per heavy atom. The fraction of sp³-hybridized carbons (Fsp3) is 0.212. The highest BCUT2D eigenvalue weighted by Gasteiger charge is 2.13. The van der Waals surface area contributed by atoms with E-state index in [-0.39, 0.29) is 5.56 Å². The zero-order valence-electron chi connectivity index (χ0n) is 22.9. The molecule has 5 rings (SSSR count). The van der Waals surface area contributed by atoms with E-state index in [9.17, 15) is 4.79 Å². The summed E-state index contributed by atoms with van der Waals surface area (Å²) in [6.45, 7) is 10.5. The normalized spacial score (nSPS) is 10.6. The molecule has 0 atom stereocenters. The summed E-state index contributed by atoms with van der Waals surface area (Å²) in [5.74, 6) is 0.567. The third kappa shape index (κ3) is 7.30. The smallest absolute Gasteiger partial charge is 0.266 e. The average Bonchev–Trinajstić information content (AvgIpc) is 3.44. The van der Waals surface area contributed by atoms with Crippen molar-refractivity contribution in [2.24, 2.45) is 0 Å². The van der Waals surface area contributed by atoms with E-state index in [2.05, 4.69) is 33.8 Å². The van der Waals surface area contributed by atoms with Crippen molar-refractivity contribution in [1.82, 2.24) is 9.55 Å². The molecule has 2 N–H and O–H groups in total. The van der Waals surface area contributed by atoms with Gasteiger partial charge < -0.3 is 5.73 Å². The third-order valence-corrected chi connectivity index (χ3v) is 6.25. The second-order valence-corrected chi connectivity index (χ2v) is 10.0. The van der Waals surface area contributed by atoms with Gasteiger partial charge in [-0.3, -0.25) is 9.36 Å². The molecule has 0 radical (unpaired) electrons. The highest BCUT2D eigenvalue weighted by atomic mass is 32.1. The van der Waals surface area contributed by atoms with Gasteiger partial charge in [0.15, 0.2) is 0 Å². The Hall–Kier alpha value is -3.96. The van der Waals surface area contributed by atoms with Crippen molar-refractivity contribution >= 4 is 40.1 Å². The van der Waals surface area contributed by atoms with E-state index in [0.717, 1.165) is 27.3 Å². The van der Waals surface area contributed by atoms with E-state index in [4.69, 9.17) is 10.7 Å². The molecule has 0 aliphatic heterocycles. The van der Waals surface area contributed by atoms with E-state index in [1.54, 1.807) is 15.9 Å². The van der Waals surface area contributed by atoms with Crippen molar-refractivity contribution in [3.05, 3.63) is 112 Å². The van der Waals surface area contributed by atoms with E-state index in [1.165, 1.54) is 12.8 Å². The molecule has 38 heavy (non-hydrogen) atoms. The Balaban J connectivity index is 0.000000611. The number of benzene rings is 3. The van der Waals surface area contributed by atoms with Gasteiger partial charge in [-0.15, -0.1) is 11.3 Å². The van der Waals surface area contributed by atoms with Gasteiger partial charge in [0.2, 0.25) is 0 Å². The van der Waals surface area contributed by atoms with Crippen molar-refractivity contribution in [2.75, 3.05) is 5.73 Å². The first kappa shape index (κ1) is 28.6. The van der Waals surface area contributed by atoms with Gasteiger partial charge in [-0.05, 0) is 72.0 Å². The third-order valence-electron chi connectivity index (χ3n) is 5.33. The number of rotatable bonds is 4. The monoisotopic (exact) mass is 523 g/mol. The molecule has 5 aromatic rings. The maximum Gasteiger partial charge on any atom is 0.266 e. The van der Waals surface area contributed by atoms with Crippen molar-refractivity contribution in [2.45, 2.75) is 47.5 Å². The number of nitrogens with zero attached hydrogens (tertiary/aromatic N) is 2. The van der Waals surface area contributed by atoms with Crippen LogP contribution in [-0.2, 0) is 0 Å². The lowest BCUT2D eigenvalue weighted by atomic mass is 10.1. The Morgan fingerprint density at radius 3 is 2.21 bits per heavy atom. The van der Waals surface area contributed by atoms with E-state index >= 15 is 0 Å². The molecule has 196 valence electrons. The molecule has 5 heteroatoms. The minimum Gasteiger partial charge on any atom is -0.399 e. The number of fused-ring (bicyclic) bond motifs is 1. The summed E-state index contributed by atoms with van der Waals surface area (Å²) < 4.78 is 1.67. The fourth-order valence-electron chi connectivity index (χ4n) is 3.69. The molecule has 0 bridgehead atoms. The summed E-state index contributed by atoms with van der Waals surface area (Å²) in [5.41, 5.74) is 11.1. The van der Waals surface area contributed by atoms with Crippen LogP contribution in [0.4, 0.5) is 5.69 Å². The average molecular weight is 524 g/mol. The SMILES string of the molecule is CCC.CCC.Cc1ccc(-n2c(/C=C/c3cccc(N)c3)nc3ccc(-c4cccs4)cc3c2=O)cc1. The van der Waals surface area contributed by atoms with Crippen LogP contribution >= 0.6 is 11.3 Å². The Labute approximate surface area is 230 Å². The maximum atomic E-state index is 13.7. The van der Waals surface area contributed by atoms with Crippen molar-refractivity contribution < 1.29 is 0 Å². The van der Waals surface area contributed by atoms with Crippen LogP contribution in [0.2, 0.25) is 0 Å². The van der Waals surface area contributed by atoms with Crippen LogP contribution in [0, 0.1) is 6.92 Å². The molecule has 0 saturated carbocycles. The van der Waals surface area contributed by atoms with Crippen LogP contribution < -0.4 is 11.3 Å². The molecule has 0 aliphatic carbocycles. The molecule has 2 aromatic heterocycles. The van der Waals surface area contributed by atoms with E-state index in [1.807, 2.05) is 97.3 Å². The van der Waals surface area contributed by atoms with Crippen molar-refractivity contribution in [3.63, 3.8) is 0 Å². The molecular formula is C33H37N3OS. The van der Waals surface area contributed by atoms with Gasteiger partial charge in [0.1, 0.15) is 5.82 Å². The molecule has 0 fully saturated rings. The minimum atomic E-state index is -0.0931. The zero-order valence-corrected chi connectivity index (χ0v) is 23.8. The second kappa shape index (κ2) is 14.1. The number of aryl methyl sites for hydroxylation is 1.